The molecule has 2 aromatic carbocycles. The second kappa shape index (κ2) is 6.70. The van der Waals surface area contributed by atoms with Gasteiger partial charge in [-0.3, -0.25) is 0 Å². The summed E-state index contributed by atoms with van der Waals surface area (Å²) in [5, 5.41) is 0. The molecule has 0 saturated heterocycles. The molecule has 5 heteroatoms. The molecule has 0 radical (unpaired) electrons. The standard InChI is InChI=1S/C15H14BrF2NS/c1-9(19)6-10-2-3-11(16)7-15(10)20-12-4-5-13(17)14(18)8-12/h2-5,7-9H,6,19H2,1H3. The minimum Gasteiger partial charge on any atom is -0.328 e. The van der Waals surface area contributed by atoms with Crippen molar-refractivity contribution in [1.82, 2.24) is 0 Å². The zero-order valence-electron chi connectivity index (χ0n) is 10.9. The maximum absolute atomic E-state index is 13.3. The Morgan fingerprint density at radius 2 is 1.90 bits per heavy atom. The van der Waals surface area contributed by atoms with Crippen LogP contribution in [-0.2, 0) is 6.42 Å². The fraction of sp³-hybridized carbons (Fsp3) is 0.200. The van der Waals surface area contributed by atoms with Crippen LogP contribution < -0.4 is 5.73 Å². The molecule has 0 heterocycles. The largest absolute Gasteiger partial charge is 0.328 e. The van der Waals surface area contributed by atoms with Gasteiger partial charge in [-0.2, -0.15) is 0 Å². The molecule has 0 spiro atoms. The Hall–Kier alpha value is -0.910. The van der Waals surface area contributed by atoms with Crippen molar-refractivity contribution in [2.75, 3.05) is 0 Å². The maximum Gasteiger partial charge on any atom is 0.159 e. The van der Waals surface area contributed by atoms with Gasteiger partial charge in [0.05, 0.1) is 0 Å². The number of nitrogens with two attached hydrogens (primary N) is 1. The van der Waals surface area contributed by atoms with E-state index in [-0.39, 0.29) is 6.04 Å². The third-order valence-corrected chi connectivity index (χ3v) is 4.27. The Balaban J connectivity index is 2.31. The fourth-order valence-corrected chi connectivity index (χ4v) is 3.34. The molecule has 0 aliphatic rings. The zero-order valence-corrected chi connectivity index (χ0v) is 13.3. The van der Waals surface area contributed by atoms with Gasteiger partial charge in [-0.15, -0.1) is 0 Å². The van der Waals surface area contributed by atoms with Crippen molar-refractivity contribution >= 4 is 27.7 Å². The number of hydrogen-bond acceptors (Lipinski definition) is 2. The van der Waals surface area contributed by atoms with E-state index in [0.29, 0.717) is 4.90 Å². The van der Waals surface area contributed by atoms with Crippen molar-refractivity contribution in [3.8, 4) is 0 Å². The van der Waals surface area contributed by atoms with Crippen LogP contribution in [0.25, 0.3) is 0 Å². The van der Waals surface area contributed by atoms with Gasteiger partial charge in [0.2, 0.25) is 0 Å². The van der Waals surface area contributed by atoms with E-state index in [4.69, 9.17) is 5.73 Å². The summed E-state index contributed by atoms with van der Waals surface area (Å²) in [6, 6.07) is 9.86. The van der Waals surface area contributed by atoms with Crippen molar-refractivity contribution in [1.29, 1.82) is 0 Å². The summed E-state index contributed by atoms with van der Waals surface area (Å²) in [7, 11) is 0. The van der Waals surface area contributed by atoms with Gasteiger partial charge < -0.3 is 5.73 Å². The van der Waals surface area contributed by atoms with Gasteiger partial charge in [-0.25, -0.2) is 8.78 Å². The molecule has 2 aromatic rings. The summed E-state index contributed by atoms with van der Waals surface area (Å²) in [6.45, 7) is 1.94. The molecule has 2 N–H and O–H groups in total. The van der Waals surface area contributed by atoms with Gasteiger partial charge in [0.1, 0.15) is 0 Å². The molecule has 1 atom stereocenters. The van der Waals surface area contributed by atoms with Crippen LogP contribution in [0.3, 0.4) is 0 Å². The molecule has 0 amide bonds. The first kappa shape index (κ1) is 15.5. The second-order valence-electron chi connectivity index (χ2n) is 4.61. The van der Waals surface area contributed by atoms with Crippen molar-refractivity contribution in [3.05, 3.63) is 58.1 Å². The highest BCUT2D eigenvalue weighted by molar-refractivity contribution is 9.10. The molecule has 0 saturated carbocycles. The zero-order chi connectivity index (χ0) is 14.7. The maximum atomic E-state index is 13.3. The molecule has 106 valence electrons. The van der Waals surface area contributed by atoms with Crippen molar-refractivity contribution < 1.29 is 8.78 Å². The molecule has 1 unspecified atom stereocenters. The lowest BCUT2D eigenvalue weighted by Gasteiger charge is -2.12. The minimum absolute atomic E-state index is 0.0421. The lowest BCUT2D eigenvalue weighted by molar-refractivity contribution is 0.506. The molecular formula is C15H14BrF2NS. The normalized spacial score (nSPS) is 12.4. The van der Waals surface area contributed by atoms with Crippen LogP contribution in [0.4, 0.5) is 8.78 Å². The van der Waals surface area contributed by atoms with Crippen LogP contribution in [0.2, 0.25) is 0 Å². The first-order valence-corrected chi connectivity index (χ1v) is 7.73. The smallest absolute Gasteiger partial charge is 0.159 e. The molecular weight excluding hydrogens is 344 g/mol. The molecule has 0 aliphatic heterocycles. The molecule has 0 aliphatic carbocycles. The van der Waals surface area contributed by atoms with Gasteiger partial charge in [0, 0.05) is 20.3 Å². The molecule has 20 heavy (non-hydrogen) atoms. The molecule has 0 aromatic heterocycles. The number of rotatable bonds is 4. The predicted octanol–water partition coefficient (Wildman–Crippen LogP) is 4.77. The highest BCUT2D eigenvalue weighted by Gasteiger charge is 2.09. The highest BCUT2D eigenvalue weighted by Crippen LogP contribution is 2.33. The Kier molecular flexibility index (Phi) is 5.18. The summed E-state index contributed by atoms with van der Waals surface area (Å²) in [5.41, 5.74) is 6.93. The first-order chi connectivity index (χ1) is 9.45. The van der Waals surface area contributed by atoms with E-state index >= 15 is 0 Å². The Labute approximate surface area is 129 Å². The topological polar surface area (TPSA) is 26.0 Å². The Morgan fingerprint density at radius 1 is 1.15 bits per heavy atom. The van der Waals surface area contributed by atoms with E-state index in [9.17, 15) is 8.78 Å². The average molecular weight is 358 g/mol. The van der Waals surface area contributed by atoms with E-state index in [2.05, 4.69) is 15.9 Å². The van der Waals surface area contributed by atoms with Crippen LogP contribution >= 0.6 is 27.7 Å². The molecule has 0 bridgehead atoms. The summed E-state index contributed by atoms with van der Waals surface area (Å²) < 4.78 is 27.1. The van der Waals surface area contributed by atoms with E-state index in [1.54, 1.807) is 6.07 Å². The van der Waals surface area contributed by atoms with Gasteiger partial charge in [0.15, 0.2) is 11.6 Å². The average Bonchev–Trinajstić information content (AvgIpc) is 2.37. The van der Waals surface area contributed by atoms with Crippen LogP contribution in [0.15, 0.2) is 50.7 Å². The lowest BCUT2D eigenvalue weighted by Crippen LogP contribution is -2.18. The third kappa shape index (κ3) is 4.04. The minimum atomic E-state index is -0.835. The number of hydrogen-bond donors (Lipinski definition) is 1. The first-order valence-electron chi connectivity index (χ1n) is 6.12. The number of halogens is 3. The van der Waals surface area contributed by atoms with Crippen LogP contribution in [0, 0.1) is 11.6 Å². The SMILES string of the molecule is CC(N)Cc1ccc(Br)cc1Sc1ccc(F)c(F)c1. The van der Waals surface area contributed by atoms with Gasteiger partial charge in [-0.05, 0) is 49.2 Å². The predicted molar refractivity (Wildman–Crippen MR) is 82.0 cm³/mol. The monoisotopic (exact) mass is 357 g/mol. The van der Waals surface area contributed by atoms with E-state index < -0.39 is 11.6 Å². The summed E-state index contributed by atoms with van der Waals surface area (Å²) >= 11 is 4.82. The quantitative estimate of drug-likeness (QED) is 0.852. The molecule has 2 rings (SSSR count). The van der Waals surface area contributed by atoms with Gasteiger partial charge in [-0.1, -0.05) is 33.8 Å². The van der Waals surface area contributed by atoms with Gasteiger partial charge >= 0.3 is 0 Å². The summed E-state index contributed by atoms with van der Waals surface area (Å²) in [6.07, 6.45) is 0.735. The highest BCUT2D eigenvalue weighted by atomic mass is 79.9. The third-order valence-electron chi connectivity index (χ3n) is 2.69. The van der Waals surface area contributed by atoms with Crippen molar-refractivity contribution in [2.45, 2.75) is 29.2 Å². The Bertz CT molecular complexity index is 617. The summed E-state index contributed by atoms with van der Waals surface area (Å²) in [5.74, 6) is -1.67. The van der Waals surface area contributed by atoms with Crippen molar-refractivity contribution in [3.63, 3.8) is 0 Å². The van der Waals surface area contributed by atoms with Crippen LogP contribution in [0.1, 0.15) is 12.5 Å². The van der Waals surface area contributed by atoms with E-state index in [1.807, 2.05) is 25.1 Å². The van der Waals surface area contributed by atoms with E-state index in [1.165, 1.54) is 17.8 Å². The fourth-order valence-electron chi connectivity index (χ4n) is 1.81. The molecule has 1 nitrogen and oxygen atoms in total. The van der Waals surface area contributed by atoms with Crippen LogP contribution in [-0.4, -0.2) is 6.04 Å². The number of benzene rings is 2. The summed E-state index contributed by atoms with van der Waals surface area (Å²) in [4.78, 5) is 1.65. The lowest BCUT2D eigenvalue weighted by atomic mass is 10.1. The Morgan fingerprint density at radius 3 is 2.55 bits per heavy atom. The van der Waals surface area contributed by atoms with Crippen molar-refractivity contribution in [2.24, 2.45) is 5.73 Å². The van der Waals surface area contributed by atoms with Gasteiger partial charge in [0.25, 0.3) is 0 Å². The second-order valence-corrected chi connectivity index (χ2v) is 6.64. The van der Waals surface area contributed by atoms with Crippen LogP contribution in [0.5, 0.6) is 0 Å². The van der Waals surface area contributed by atoms with E-state index in [0.717, 1.165) is 27.4 Å². The molecule has 0 fully saturated rings.